The number of rotatable bonds is 5. The van der Waals surface area contributed by atoms with Crippen LogP contribution in [-0.4, -0.2) is 11.3 Å². The molecule has 0 radical (unpaired) electrons. The number of hydrogen-bond donors (Lipinski definition) is 0. The van der Waals surface area contributed by atoms with Crippen LogP contribution in [0.4, 0.5) is 0 Å². The van der Waals surface area contributed by atoms with Gasteiger partial charge in [0.2, 0.25) is 0 Å². The molecule has 0 N–H and O–H groups in total. The van der Waals surface area contributed by atoms with Gasteiger partial charge in [0.1, 0.15) is 11.5 Å². The van der Waals surface area contributed by atoms with E-state index in [0.29, 0.717) is 18.6 Å². The molecule has 3 nitrogen and oxygen atoms in total. The summed E-state index contributed by atoms with van der Waals surface area (Å²) in [5.41, 5.74) is 5.98. The lowest BCUT2D eigenvalue weighted by Crippen LogP contribution is -2.23. The van der Waals surface area contributed by atoms with Gasteiger partial charge in [-0.3, -0.25) is 0 Å². The van der Waals surface area contributed by atoms with Crippen molar-refractivity contribution >= 4 is 0 Å². The predicted octanol–water partition coefficient (Wildman–Crippen LogP) is 5.93. The lowest BCUT2D eigenvalue weighted by Gasteiger charge is -2.27. The maximum Gasteiger partial charge on any atom is 0.145 e. The van der Waals surface area contributed by atoms with Gasteiger partial charge in [-0.15, -0.1) is 0 Å². The smallest absolute Gasteiger partial charge is 0.145 e. The average Bonchev–Trinajstić information content (AvgIpc) is 3.30. The summed E-state index contributed by atoms with van der Waals surface area (Å²) < 4.78 is 12.3. The fourth-order valence-electron chi connectivity index (χ4n) is 5.30. The van der Waals surface area contributed by atoms with E-state index in [1.165, 1.54) is 67.2 Å². The predicted molar refractivity (Wildman–Crippen MR) is 102 cm³/mol. The first-order valence-electron chi connectivity index (χ1n) is 10.4. The number of aromatic nitrogens is 1. The van der Waals surface area contributed by atoms with Crippen molar-refractivity contribution in [3.8, 4) is 11.3 Å². The van der Waals surface area contributed by atoms with E-state index in [4.69, 9.17) is 9.26 Å². The molecule has 1 aromatic heterocycles. The van der Waals surface area contributed by atoms with E-state index in [1.807, 2.05) is 0 Å². The minimum Gasteiger partial charge on any atom is -0.373 e. The number of hydrogen-bond acceptors (Lipinski definition) is 3. The van der Waals surface area contributed by atoms with Crippen LogP contribution < -0.4 is 0 Å². The minimum atomic E-state index is 0.425. The Balaban J connectivity index is 1.42. The van der Waals surface area contributed by atoms with Crippen molar-refractivity contribution in [1.82, 2.24) is 5.16 Å². The molecule has 1 unspecified atom stereocenters. The molecule has 0 aliphatic heterocycles. The molecule has 0 spiro atoms. The second-order valence-corrected chi connectivity index (χ2v) is 8.86. The molecule has 2 bridgehead atoms. The molecule has 1 aromatic carbocycles. The van der Waals surface area contributed by atoms with Gasteiger partial charge in [0, 0.05) is 17.0 Å². The summed E-state index contributed by atoms with van der Waals surface area (Å²) in [5, 5.41) is 4.52. The van der Waals surface area contributed by atoms with Gasteiger partial charge in [-0.25, -0.2) is 0 Å². The molecule has 3 atom stereocenters. The van der Waals surface area contributed by atoms with Crippen LogP contribution in [-0.2, 0) is 11.3 Å². The van der Waals surface area contributed by atoms with Crippen LogP contribution in [0.25, 0.3) is 11.3 Å². The van der Waals surface area contributed by atoms with E-state index in [0.717, 1.165) is 23.3 Å². The van der Waals surface area contributed by atoms with Crippen LogP contribution in [0.2, 0.25) is 0 Å². The third-order valence-corrected chi connectivity index (χ3v) is 6.79. The van der Waals surface area contributed by atoms with Crippen molar-refractivity contribution in [1.29, 1.82) is 0 Å². The highest BCUT2D eigenvalue weighted by Crippen LogP contribution is 2.46. The van der Waals surface area contributed by atoms with Crippen LogP contribution in [0.3, 0.4) is 0 Å². The van der Waals surface area contributed by atoms with Gasteiger partial charge < -0.3 is 9.26 Å². The van der Waals surface area contributed by atoms with Crippen LogP contribution >= 0.6 is 0 Å². The Bertz CT molecular complexity index is 772. The number of aryl methyl sites for hydroxylation is 2. The summed E-state index contributed by atoms with van der Waals surface area (Å²) >= 11 is 0. The van der Waals surface area contributed by atoms with Gasteiger partial charge in [-0.1, -0.05) is 36.2 Å². The Labute approximate surface area is 156 Å². The third-order valence-electron chi connectivity index (χ3n) is 6.79. The first-order valence-corrected chi connectivity index (χ1v) is 10.4. The van der Waals surface area contributed by atoms with Gasteiger partial charge >= 0.3 is 0 Å². The van der Waals surface area contributed by atoms with Crippen LogP contribution in [0.1, 0.15) is 73.3 Å². The van der Waals surface area contributed by atoms with Gasteiger partial charge in [0.15, 0.2) is 0 Å². The molecule has 5 rings (SSSR count). The molecule has 2 aromatic rings. The molecule has 1 heterocycles. The monoisotopic (exact) mass is 351 g/mol. The summed E-state index contributed by atoms with van der Waals surface area (Å²) in [4.78, 5) is 0. The minimum absolute atomic E-state index is 0.425. The van der Waals surface area contributed by atoms with Gasteiger partial charge in [0.25, 0.3) is 0 Å². The van der Waals surface area contributed by atoms with Crippen molar-refractivity contribution in [3.05, 3.63) is 40.6 Å². The lowest BCUT2D eigenvalue weighted by molar-refractivity contribution is -0.00126. The second-order valence-electron chi connectivity index (χ2n) is 8.86. The molecule has 3 fully saturated rings. The number of fused-ring (bicyclic) bond motifs is 2. The summed E-state index contributed by atoms with van der Waals surface area (Å²) in [6.45, 7) is 4.98. The maximum absolute atomic E-state index is 6.47. The SMILES string of the molecule is Cc1cccc(C)c1-c1noc(C2CC2)c1CO[C@@H]1CC2CC[C@H](C2)C1. The van der Waals surface area contributed by atoms with E-state index in [2.05, 4.69) is 37.2 Å². The molecule has 3 saturated carbocycles. The molecule has 3 aliphatic carbocycles. The zero-order valence-corrected chi connectivity index (χ0v) is 16.0. The third kappa shape index (κ3) is 3.00. The quantitative estimate of drug-likeness (QED) is 0.669. The number of nitrogens with zero attached hydrogens (tertiary/aromatic N) is 1. The lowest BCUT2D eigenvalue weighted by atomic mass is 9.87. The Morgan fingerprint density at radius 3 is 2.35 bits per heavy atom. The zero-order chi connectivity index (χ0) is 17.7. The van der Waals surface area contributed by atoms with Gasteiger partial charge in [-0.2, -0.15) is 0 Å². The van der Waals surface area contributed by atoms with Crippen molar-refractivity contribution in [3.63, 3.8) is 0 Å². The fraction of sp³-hybridized carbons (Fsp3) is 0.609. The van der Waals surface area contributed by atoms with Gasteiger partial charge in [0.05, 0.1) is 12.7 Å². The Morgan fingerprint density at radius 2 is 1.69 bits per heavy atom. The Kier molecular flexibility index (Phi) is 4.16. The Hall–Kier alpha value is -1.61. The molecule has 0 amide bonds. The summed E-state index contributed by atoms with van der Waals surface area (Å²) in [6.07, 6.45) is 9.64. The number of ether oxygens (including phenoxy) is 1. The maximum atomic E-state index is 6.47. The highest BCUT2D eigenvalue weighted by atomic mass is 16.5. The van der Waals surface area contributed by atoms with Crippen molar-refractivity contribution in [2.75, 3.05) is 0 Å². The van der Waals surface area contributed by atoms with E-state index in [9.17, 15) is 0 Å². The van der Waals surface area contributed by atoms with E-state index >= 15 is 0 Å². The van der Waals surface area contributed by atoms with Crippen molar-refractivity contribution in [2.45, 2.75) is 77.4 Å². The molecular weight excluding hydrogens is 322 g/mol. The topological polar surface area (TPSA) is 35.3 Å². The first-order chi connectivity index (χ1) is 12.7. The van der Waals surface area contributed by atoms with Crippen LogP contribution in [0.15, 0.2) is 22.7 Å². The highest BCUT2D eigenvalue weighted by Gasteiger charge is 2.36. The first kappa shape index (κ1) is 16.6. The standard InChI is InChI=1S/C23H29NO2/c1-14-4-3-5-15(2)21(14)22-20(23(26-24-22)18-8-9-18)13-25-19-11-16-6-7-17(10-16)12-19/h3-5,16-19H,6-13H2,1-2H3/t16-,17?,19+/m1/s1. The molecule has 3 heteroatoms. The fourth-order valence-corrected chi connectivity index (χ4v) is 5.30. The van der Waals surface area contributed by atoms with Crippen LogP contribution in [0.5, 0.6) is 0 Å². The van der Waals surface area contributed by atoms with Gasteiger partial charge in [-0.05, 0) is 68.9 Å². The second kappa shape index (κ2) is 6.53. The van der Waals surface area contributed by atoms with E-state index in [-0.39, 0.29) is 0 Å². The molecule has 0 saturated heterocycles. The highest BCUT2D eigenvalue weighted by molar-refractivity contribution is 5.70. The summed E-state index contributed by atoms with van der Waals surface area (Å²) in [6, 6.07) is 6.44. The van der Waals surface area contributed by atoms with Crippen LogP contribution in [0, 0.1) is 25.7 Å². The normalized spacial score (nSPS) is 27.8. The summed E-state index contributed by atoms with van der Waals surface area (Å²) in [7, 11) is 0. The zero-order valence-electron chi connectivity index (χ0n) is 16.0. The van der Waals surface area contributed by atoms with E-state index in [1.54, 1.807) is 0 Å². The van der Waals surface area contributed by atoms with E-state index < -0.39 is 0 Å². The molecule has 3 aliphatic rings. The summed E-state index contributed by atoms with van der Waals surface area (Å²) in [5.74, 6) is 3.45. The molecule has 138 valence electrons. The van der Waals surface area contributed by atoms with Crippen molar-refractivity contribution in [2.24, 2.45) is 11.8 Å². The number of benzene rings is 1. The molecular formula is C23H29NO2. The molecule has 26 heavy (non-hydrogen) atoms. The average molecular weight is 351 g/mol. The largest absolute Gasteiger partial charge is 0.373 e. The Morgan fingerprint density at radius 1 is 1.00 bits per heavy atom. The van der Waals surface area contributed by atoms with Crippen molar-refractivity contribution < 1.29 is 9.26 Å².